The molecule has 2 N–H and O–H groups in total. The summed E-state index contributed by atoms with van der Waals surface area (Å²) in [4.78, 5) is 14.4. The van der Waals surface area contributed by atoms with E-state index in [0.717, 1.165) is 12.8 Å². The Morgan fingerprint density at radius 1 is 1.60 bits per heavy atom. The van der Waals surface area contributed by atoms with Gasteiger partial charge in [0.25, 0.3) is 0 Å². The SMILES string of the molecule is CCC(C)(C(=O)N(C)C1CCC1)C(N)=S. The lowest BCUT2D eigenvalue weighted by molar-refractivity contribution is -0.140. The molecule has 0 aromatic heterocycles. The van der Waals surface area contributed by atoms with Crippen LogP contribution in [0.15, 0.2) is 0 Å². The summed E-state index contributed by atoms with van der Waals surface area (Å²) in [7, 11) is 1.86. The van der Waals surface area contributed by atoms with E-state index in [2.05, 4.69) is 0 Å². The van der Waals surface area contributed by atoms with Crippen molar-refractivity contribution in [3.05, 3.63) is 0 Å². The summed E-state index contributed by atoms with van der Waals surface area (Å²) < 4.78 is 0. The molecule has 0 aromatic rings. The smallest absolute Gasteiger partial charge is 0.235 e. The second-order valence-electron chi connectivity index (χ2n) is 4.55. The van der Waals surface area contributed by atoms with E-state index >= 15 is 0 Å². The number of carbonyl (C=O) groups is 1. The van der Waals surface area contributed by atoms with Gasteiger partial charge in [0.2, 0.25) is 5.91 Å². The van der Waals surface area contributed by atoms with E-state index in [0.29, 0.717) is 17.5 Å². The molecule has 1 aliphatic rings. The van der Waals surface area contributed by atoms with Crippen molar-refractivity contribution in [1.29, 1.82) is 0 Å². The van der Waals surface area contributed by atoms with Gasteiger partial charge >= 0.3 is 0 Å². The molecule has 0 radical (unpaired) electrons. The molecular formula is C11H20N2OS. The molecule has 0 saturated heterocycles. The Labute approximate surface area is 97.0 Å². The summed E-state index contributed by atoms with van der Waals surface area (Å²) in [5.41, 5.74) is 5.00. The molecule has 1 amide bonds. The molecule has 0 aromatic carbocycles. The average Bonchev–Trinajstić information content (AvgIpc) is 2.12. The molecule has 1 atom stereocenters. The predicted octanol–water partition coefficient (Wildman–Crippen LogP) is 1.70. The van der Waals surface area contributed by atoms with Crippen LogP contribution in [0.5, 0.6) is 0 Å². The van der Waals surface area contributed by atoms with Crippen LogP contribution in [0, 0.1) is 5.41 Å². The maximum absolute atomic E-state index is 12.2. The zero-order valence-electron chi connectivity index (χ0n) is 9.75. The van der Waals surface area contributed by atoms with E-state index in [4.69, 9.17) is 18.0 Å². The number of nitrogens with zero attached hydrogens (tertiary/aromatic N) is 1. The molecule has 0 spiro atoms. The van der Waals surface area contributed by atoms with Gasteiger partial charge in [-0.15, -0.1) is 0 Å². The maximum Gasteiger partial charge on any atom is 0.235 e. The minimum atomic E-state index is -0.667. The number of rotatable bonds is 4. The fraction of sp³-hybridized carbons (Fsp3) is 0.818. The second kappa shape index (κ2) is 4.47. The van der Waals surface area contributed by atoms with Crippen molar-refractivity contribution < 1.29 is 4.79 Å². The predicted molar refractivity (Wildman–Crippen MR) is 65.6 cm³/mol. The second-order valence-corrected chi connectivity index (χ2v) is 4.99. The third-order valence-corrected chi connectivity index (χ3v) is 4.12. The molecule has 0 bridgehead atoms. The topological polar surface area (TPSA) is 46.3 Å². The molecule has 0 heterocycles. The summed E-state index contributed by atoms with van der Waals surface area (Å²) in [6.45, 7) is 3.79. The monoisotopic (exact) mass is 228 g/mol. The van der Waals surface area contributed by atoms with Gasteiger partial charge in [-0.3, -0.25) is 4.79 Å². The Morgan fingerprint density at radius 3 is 2.40 bits per heavy atom. The van der Waals surface area contributed by atoms with Crippen LogP contribution < -0.4 is 5.73 Å². The fourth-order valence-corrected chi connectivity index (χ4v) is 1.99. The summed E-state index contributed by atoms with van der Waals surface area (Å²) in [5, 5.41) is 0. The first-order valence-electron chi connectivity index (χ1n) is 5.50. The zero-order chi connectivity index (χ0) is 11.6. The quantitative estimate of drug-likeness (QED) is 0.745. The van der Waals surface area contributed by atoms with Gasteiger partial charge in [0.15, 0.2) is 0 Å². The molecule has 1 rings (SSSR count). The first-order chi connectivity index (χ1) is 6.93. The Kier molecular flexibility index (Phi) is 3.71. The summed E-state index contributed by atoms with van der Waals surface area (Å²) >= 11 is 5.00. The van der Waals surface area contributed by atoms with E-state index in [1.54, 1.807) is 0 Å². The lowest BCUT2D eigenvalue weighted by atomic mass is 9.83. The van der Waals surface area contributed by atoms with Gasteiger partial charge in [-0.2, -0.15) is 0 Å². The van der Waals surface area contributed by atoms with Crippen molar-refractivity contribution in [2.24, 2.45) is 11.1 Å². The van der Waals surface area contributed by atoms with Crippen molar-refractivity contribution in [2.75, 3.05) is 7.05 Å². The average molecular weight is 228 g/mol. The van der Waals surface area contributed by atoms with Crippen LogP contribution in [-0.2, 0) is 4.79 Å². The summed E-state index contributed by atoms with van der Waals surface area (Å²) in [6.07, 6.45) is 4.11. The van der Waals surface area contributed by atoms with Crippen LogP contribution in [0.3, 0.4) is 0 Å². The number of amides is 1. The summed E-state index contributed by atoms with van der Waals surface area (Å²) in [6, 6.07) is 0.401. The van der Waals surface area contributed by atoms with Crippen molar-refractivity contribution in [2.45, 2.75) is 45.6 Å². The van der Waals surface area contributed by atoms with Gasteiger partial charge < -0.3 is 10.6 Å². The first kappa shape index (κ1) is 12.4. The lowest BCUT2D eigenvalue weighted by Gasteiger charge is -2.39. The Balaban J connectivity index is 2.75. The van der Waals surface area contributed by atoms with Gasteiger partial charge in [-0.1, -0.05) is 19.1 Å². The van der Waals surface area contributed by atoms with Crippen LogP contribution in [0.4, 0.5) is 0 Å². The Bertz CT molecular complexity index is 276. The van der Waals surface area contributed by atoms with Crippen molar-refractivity contribution in [3.63, 3.8) is 0 Å². The fourth-order valence-electron chi connectivity index (χ4n) is 1.76. The number of carbonyl (C=O) groups excluding carboxylic acids is 1. The van der Waals surface area contributed by atoms with Crippen molar-refractivity contribution in [3.8, 4) is 0 Å². The van der Waals surface area contributed by atoms with Crippen LogP contribution in [0.1, 0.15) is 39.5 Å². The minimum Gasteiger partial charge on any atom is -0.392 e. The Hall–Kier alpha value is -0.640. The maximum atomic E-state index is 12.2. The first-order valence-corrected chi connectivity index (χ1v) is 5.91. The molecule has 1 saturated carbocycles. The van der Waals surface area contributed by atoms with Crippen LogP contribution in [-0.4, -0.2) is 28.9 Å². The zero-order valence-corrected chi connectivity index (χ0v) is 10.6. The van der Waals surface area contributed by atoms with E-state index in [-0.39, 0.29) is 5.91 Å². The van der Waals surface area contributed by atoms with Gasteiger partial charge in [0.1, 0.15) is 0 Å². The molecule has 4 heteroatoms. The third-order valence-electron chi connectivity index (χ3n) is 3.67. The summed E-state index contributed by atoms with van der Waals surface area (Å²) in [5.74, 6) is 0.0715. The molecular weight excluding hydrogens is 208 g/mol. The van der Waals surface area contributed by atoms with E-state index in [1.807, 2.05) is 25.8 Å². The third kappa shape index (κ3) is 2.14. The normalized spacial score (nSPS) is 20.2. The molecule has 15 heavy (non-hydrogen) atoms. The number of hydrogen-bond donors (Lipinski definition) is 1. The van der Waals surface area contributed by atoms with Crippen LogP contribution in [0.2, 0.25) is 0 Å². The standard InChI is InChI=1S/C11H20N2OS/c1-4-11(2,9(12)15)10(14)13(3)8-6-5-7-8/h8H,4-7H2,1-3H3,(H2,12,15). The van der Waals surface area contributed by atoms with Gasteiger partial charge in [-0.25, -0.2) is 0 Å². The largest absolute Gasteiger partial charge is 0.392 e. The van der Waals surface area contributed by atoms with E-state index in [9.17, 15) is 4.79 Å². The Morgan fingerprint density at radius 2 is 2.13 bits per heavy atom. The number of thiocarbonyl (C=S) groups is 1. The van der Waals surface area contributed by atoms with Crippen molar-refractivity contribution >= 4 is 23.1 Å². The molecule has 1 fully saturated rings. The van der Waals surface area contributed by atoms with Crippen molar-refractivity contribution in [1.82, 2.24) is 4.90 Å². The molecule has 86 valence electrons. The van der Waals surface area contributed by atoms with Crippen LogP contribution >= 0.6 is 12.2 Å². The highest BCUT2D eigenvalue weighted by molar-refractivity contribution is 7.80. The van der Waals surface area contributed by atoms with Gasteiger partial charge in [0, 0.05) is 13.1 Å². The highest BCUT2D eigenvalue weighted by atomic mass is 32.1. The van der Waals surface area contributed by atoms with E-state index < -0.39 is 5.41 Å². The highest BCUT2D eigenvalue weighted by Crippen LogP contribution is 2.30. The molecule has 3 nitrogen and oxygen atoms in total. The van der Waals surface area contributed by atoms with Gasteiger partial charge in [0.05, 0.1) is 10.4 Å². The molecule has 1 unspecified atom stereocenters. The number of nitrogens with two attached hydrogens (primary N) is 1. The van der Waals surface area contributed by atoms with Crippen LogP contribution in [0.25, 0.3) is 0 Å². The van der Waals surface area contributed by atoms with Gasteiger partial charge in [-0.05, 0) is 32.6 Å². The highest BCUT2D eigenvalue weighted by Gasteiger charge is 2.39. The lowest BCUT2D eigenvalue weighted by Crippen LogP contribution is -2.52. The minimum absolute atomic E-state index is 0.0715. The number of hydrogen-bond acceptors (Lipinski definition) is 2. The molecule has 1 aliphatic carbocycles. The van der Waals surface area contributed by atoms with E-state index in [1.165, 1.54) is 6.42 Å². The molecule has 0 aliphatic heterocycles.